The van der Waals surface area contributed by atoms with Gasteiger partial charge in [0, 0.05) is 20.3 Å². The van der Waals surface area contributed by atoms with Crippen LogP contribution in [0.15, 0.2) is 17.1 Å². The number of hydrogen-bond donors (Lipinski definition) is 1. The lowest BCUT2D eigenvalue weighted by atomic mass is 10.1. The smallest absolute Gasteiger partial charge is 0.221 e. The highest BCUT2D eigenvalue weighted by atomic mass is 16.1. The van der Waals surface area contributed by atoms with Crippen LogP contribution in [0.25, 0.3) is 0 Å². The fourth-order valence-electron chi connectivity index (χ4n) is 5.11. The molecule has 1 aliphatic heterocycles. The fraction of sp³-hybridized carbons (Fsp3) is 0.857. The van der Waals surface area contributed by atoms with Gasteiger partial charge in [0.05, 0.1) is 12.8 Å². The highest BCUT2D eigenvalue weighted by Crippen LogP contribution is 2.27. The van der Waals surface area contributed by atoms with E-state index in [1.54, 1.807) is 6.92 Å². The standard InChI is InChI=1S/C28H53N3O/c1-5-7-8-9-10-11-12-13-14-15-16-17-18-19-20-21-22-23-28-29-24-25-31(28,6-2)26(3)30-27(4)32/h16-17,24,26,28H,5-15,18-23,25H2,1-4H3/p+1/b17-16+. The van der Waals surface area contributed by atoms with Gasteiger partial charge >= 0.3 is 0 Å². The van der Waals surface area contributed by atoms with Gasteiger partial charge in [-0.15, -0.1) is 0 Å². The summed E-state index contributed by atoms with van der Waals surface area (Å²) < 4.78 is 0.876. The summed E-state index contributed by atoms with van der Waals surface area (Å²) >= 11 is 0. The molecule has 4 nitrogen and oxygen atoms in total. The van der Waals surface area contributed by atoms with Gasteiger partial charge in [0.2, 0.25) is 5.91 Å². The second kappa shape index (κ2) is 18.3. The fourth-order valence-corrected chi connectivity index (χ4v) is 5.11. The van der Waals surface area contributed by atoms with Crippen molar-refractivity contribution in [2.24, 2.45) is 4.99 Å². The minimum absolute atomic E-state index is 0.0555. The van der Waals surface area contributed by atoms with Crippen molar-refractivity contribution in [1.82, 2.24) is 5.32 Å². The topological polar surface area (TPSA) is 41.5 Å². The number of quaternary nitrogens is 1. The van der Waals surface area contributed by atoms with Crippen molar-refractivity contribution in [2.75, 3.05) is 13.1 Å². The Hall–Kier alpha value is -1.16. The predicted molar refractivity (Wildman–Crippen MR) is 140 cm³/mol. The van der Waals surface area contributed by atoms with Crippen molar-refractivity contribution in [3.05, 3.63) is 12.2 Å². The van der Waals surface area contributed by atoms with Crippen LogP contribution in [0.2, 0.25) is 0 Å². The monoisotopic (exact) mass is 448 g/mol. The molecule has 1 amide bonds. The maximum absolute atomic E-state index is 11.5. The molecular formula is C28H54N3O+. The molecule has 186 valence electrons. The highest BCUT2D eigenvalue weighted by Gasteiger charge is 2.42. The van der Waals surface area contributed by atoms with Crippen molar-refractivity contribution in [3.8, 4) is 0 Å². The van der Waals surface area contributed by atoms with E-state index in [1.807, 2.05) is 0 Å². The average Bonchev–Trinajstić information content (AvgIpc) is 3.19. The summed E-state index contributed by atoms with van der Waals surface area (Å²) in [6.45, 7) is 10.2. The Bertz CT molecular complexity index is 531. The molecule has 1 heterocycles. The van der Waals surface area contributed by atoms with Gasteiger partial charge in [-0.2, -0.15) is 0 Å². The minimum atomic E-state index is 0.0555. The molecule has 0 saturated heterocycles. The number of nitrogens with zero attached hydrogens (tertiary/aromatic N) is 2. The first kappa shape index (κ1) is 28.9. The van der Waals surface area contributed by atoms with Crippen molar-refractivity contribution in [1.29, 1.82) is 0 Å². The SMILES string of the molecule is CCCCCCCCCCC/C=C/CCCCCCC1N=CC[N+]1(CC)C(C)NC(C)=O. The lowest BCUT2D eigenvalue weighted by Crippen LogP contribution is -2.63. The van der Waals surface area contributed by atoms with Gasteiger partial charge in [-0.25, -0.2) is 4.99 Å². The van der Waals surface area contributed by atoms with E-state index in [0.29, 0.717) is 6.17 Å². The van der Waals surface area contributed by atoms with Crippen LogP contribution < -0.4 is 5.32 Å². The normalized spacial score (nSPS) is 21.4. The molecule has 0 fully saturated rings. The van der Waals surface area contributed by atoms with Crippen LogP contribution >= 0.6 is 0 Å². The van der Waals surface area contributed by atoms with E-state index < -0.39 is 0 Å². The molecule has 1 N–H and O–H groups in total. The molecule has 32 heavy (non-hydrogen) atoms. The molecule has 0 spiro atoms. The quantitative estimate of drug-likeness (QED) is 0.117. The number of amides is 1. The first-order valence-electron chi connectivity index (χ1n) is 13.9. The first-order chi connectivity index (χ1) is 15.6. The number of rotatable bonds is 20. The van der Waals surface area contributed by atoms with E-state index in [-0.39, 0.29) is 12.1 Å². The van der Waals surface area contributed by atoms with Crippen LogP contribution in [0.4, 0.5) is 0 Å². The zero-order valence-electron chi connectivity index (χ0n) is 21.9. The molecule has 0 radical (unpaired) electrons. The lowest BCUT2D eigenvalue weighted by Gasteiger charge is -2.42. The second-order valence-electron chi connectivity index (χ2n) is 9.87. The second-order valence-corrected chi connectivity index (χ2v) is 9.87. The van der Waals surface area contributed by atoms with Gasteiger partial charge in [-0.3, -0.25) is 9.28 Å². The van der Waals surface area contributed by atoms with E-state index in [9.17, 15) is 4.79 Å². The molecule has 0 aromatic rings. The van der Waals surface area contributed by atoms with Gasteiger partial charge in [0.15, 0.2) is 12.3 Å². The van der Waals surface area contributed by atoms with Gasteiger partial charge in [-0.1, -0.05) is 83.3 Å². The molecule has 1 rings (SSSR count). The Balaban J connectivity index is 2.02. The number of carbonyl (C=O) groups excluding carboxylic acids is 1. The van der Waals surface area contributed by atoms with E-state index >= 15 is 0 Å². The number of nitrogens with one attached hydrogen (secondary N) is 1. The number of allylic oxidation sites excluding steroid dienone is 2. The van der Waals surface area contributed by atoms with E-state index in [4.69, 9.17) is 4.99 Å². The molecule has 0 aromatic heterocycles. The molecule has 0 bridgehead atoms. The first-order valence-corrected chi connectivity index (χ1v) is 13.9. The largest absolute Gasteiger partial charge is 0.307 e. The zero-order valence-corrected chi connectivity index (χ0v) is 21.9. The third-order valence-electron chi connectivity index (χ3n) is 7.29. The Morgan fingerprint density at radius 1 is 0.938 bits per heavy atom. The highest BCUT2D eigenvalue weighted by molar-refractivity contribution is 5.73. The van der Waals surface area contributed by atoms with Gasteiger partial charge in [0.1, 0.15) is 6.54 Å². The van der Waals surface area contributed by atoms with Crippen LogP contribution in [0.5, 0.6) is 0 Å². The van der Waals surface area contributed by atoms with Crippen molar-refractivity contribution >= 4 is 12.1 Å². The van der Waals surface area contributed by atoms with E-state index in [1.165, 1.54) is 96.3 Å². The maximum Gasteiger partial charge on any atom is 0.221 e. The summed E-state index contributed by atoms with van der Waals surface area (Å²) in [7, 11) is 0. The molecular weight excluding hydrogens is 394 g/mol. The lowest BCUT2D eigenvalue weighted by molar-refractivity contribution is -0.959. The number of hydrogen-bond acceptors (Lipinski definition) is 2. The summed E-state index contributed by atoms with van der Waals surface area (Å²) in [4.78, 5) is 16.3. The van der Waals surface area contributed by atoms with Gasteiger partial charge in [0.25, 0.3) is 0 Å². The number of unbranched alkanes of at least 4 members (excludes halogenated alkanes) is 13. The average molecular weight is 449 g/mol. The molecule has 1 aliphatic rings. The van der Waals surface area contributed by atoms with Gasteiger partial charge in [-0.05, 0) is 39.0 Å². The third-order valence-corrected chi connectivity index (χ3v) is 7.29. The molecule has 0 aliphatic carbocycles. The third kappa shape index (κ3) is 11.6. The van der Waals surface area contributed by atoms with Crippen molar-refractivity contribution in [3.63, 3.8) is 0 Å². The summed E-state index contributed by atoms with van der Waals surface area (Å²) in [5, 5.41) is 3.11. The van der Waals surface area contributed by atoms with Crippen molar-refractivity contribution < 1.29 is 9.28 Å². The Labute approximate surface area is 199 Å². The van der Waals surface area contributed by atoms with E-state index in [0.717, 1.165) is 24.0 Å². The molecule has 4 heteroatoms. The summed E-state index contributed by atoms with van der Waals surface area (Å²) in [5.74, 6) is 0.0555. The zero-order chi connectivity index (χ0) is 23.5. The molecule has 0 saturated carbocycles. The van der Waals surface area contributed by atoms with Crippen LogP contribution in [0.3, 0.4) is 0 Å². The molecule has 3 unspecified atom stereocenters. The number of carbonyl (C=O) groups is 1. The minimum Gasteiger partial charge on any atom is -0.307 e. The van der Waals surface area contributed by atoms with Crippen LogP contribution in [-0.4, -0.2) is 42.0 Å². The van der Waals surface area contributed by atoms with Crippen LogP contribution in [0.1, 0.15) is 130 Å². The number of aliphatic imine (C=N–C) groups is 1. The van der Waals surface area contributed by atoms with Gasteiger partial charge < -0.3 is 5.32 Å². The maximum atomic E-state index is 11.5. The Kier molecular flexibility index (Phi) is 16.5. The molecule has 3 atom stereocenters. The Morgan fingerprint density at radius 3 is 2.00 bits per heavy atom. The summed E-state index contributed by atoms with van der Waals surface area (Å²) in [6.07, 6.45) is 28.8. The van der Waals surface area contributed by atoms with Crippen LogP contribution in [0, 0.1) is 0 Å². The van der Waals surface area contributed by atoms with Crippen LogP contribution in [-0.2, 0) is 4.79 Å². The predicted octanol–water partition coefficient (Wildman–Crippen LogP) is 7.53. The summed E-state index contributed by atoms with van der Waals surface area (Å²) in [6, 6.07) is 0. The molecule has 0 aromatic carbocycles. The van der Waals surface area contributed by atoms with Crippen molar-refractivity contribution in [2.45, 2.75) is 143 Å². The summed E-state index contributed by atoms with van der Waals surface area (Å²) in [5.41, 5.74) is 0. The van der Waals surface area contributed by atoms with E-state index in [2.05, 4.69) is 44.5 Å². The Morgan fingerprint density at radius 2 is 1.47 bits per heavy atom.